The molecule has 2 heterocycles. The van der Waals surface area contributed by atoms with Crippen LogP contribution < -0.4 is 5.43 Å². The van der Waals surface area contributed by atoms with E-state index in [0.29, 0.717) is 33.7 Å². The van der Waals surface area contributed by atoms with E-state index in [-0.39, 0.29) is 54.5 Å². The summed E-state index contributed by atoms with van der Waals surface area (Å²) in [4.78, 5) is 44.0. The van der Waals surface area contributed by atoms with Crippen LogP contribution in [0.1, 0.15) is 39.9 Å². The number of carbonyl (C=O) groups is 2. The van der Waals surface area contributed by atoms with Crippen LogP contribution in [-0.4, -0.2) is 47.4 Å². The summed E-state index contributed by atoms with van der Waals surface area (Å²) in [6.07, 6.45) is 2.93. The monoisotopic (exact) mass is 592 g/mol. The molecule has 2 amide bonds. The molecule has 1 fully saturated rings. The first-order valence-corrected chi connectivity index (χ1v) is 14.2. The Kier molecular flexibility index (Phi) is 9.08. The number of aryl methyl sites for hydroxylation is 1. The van der Waals surface area contributed by atoms with Gasteiger partial charge in [-0.15, -0.1) is 0 Å². The maximum Gasteiger partial charge on any atom is 0.254 e. The molecule has 0 spiro atoms. The molecule has 0 saturated carbocycles. The minimum atomic E-state index is -0.354. The normalized spacial score (nSPS) is 14.8. The number of amides is 2. The fourth-order valence-corrected chi connectivity index (χ4v) is 5.26. The zero-order chi connectivity index (χ0) is 28.9. The molecule has 0 aliphatic carbocycles. The van der Waals surface area contributed by atoms with Gasteiger partial charge in [0.15, 0.2) is 5.43 Å². The van der Waals surface area contributed by atoms with Crippen LogP contribution in [0.5, 0.6) is 0 Å². The number of rotatable bonds is 9. The van der Waals surface area contributed by atoms with Crippen molar-refractivity contribution < 1.29 is 18.7 Å². The van der Waals surface area contributed by atoms with Crippen molar-refractivity contribution in [3.8, 4) is 0 Å². The van der Waals surface area contributed by atoms with E-state index in [1.807, 2.05) is 43.3 Å². The van der Waals surface area contributed by atoms with Gasteiger partial charge in [0.1, 0.15) is 12.1 Å². The van der Waals surface area contributed by atoms with Crippen LogP contribution in [0.2, 0.25) is 10.0 Å². The summed E-state index contributed by atoms with van der Waals surface area (Å²) in [5.74, 6) is -0.670. The predicted molar refractivity (Wildman–Crippen MR) is 159 cm³/mol. The lowest BCUT2D eigenvalue weighted by Gasteiger charge is -2.29. The molecule has 7 nitrogen and oxygen atoms in total. The van der Waals surface area contributed by atoms with Crippen molar-refractivity contribution in [1.82, 2.24) is 9.80 Å². The molecule has 0 bridgehead atoms. The minimum absolute atomic E-state index is 0.0225. The number of benzene rings is 3. The summed E-state index contributed by atoms with van der Waals surface area (Å²) in [6, 6.07) is 19.6. The van der Waals surface area contributed by atoms with E-state index in [4.69, 9.17) is 32.4 Å². The third-order valence-electron chi connectivity index (χ3n) is 7.16. The predicted octanol–water partition coefficient (Wildman–Crippen LogP) is 6.26. The third-order valence-corrected chi connectivity index (χ3v) is 7.90. The molecule has 1 aliphatic heterocycles. The average molecular weight is 594 g/mol. The third kappa shape index (κ3) is 6.99. The molecule has 1 aliphatic rings. The smallest absolute Gasteiger partial charge is 0.254 e. The highest BCUT2D eigenvalue weighted by Crippen LogP contribution is 2.24. The Labute approximate surface area is 248 Å². The van der Waals surface area contributed by atoms with E-state index >= 15 is 0 Å². The molecule has 1 atom stereocenters. The zero-order valence-electron chi connectivity index (χ0n) is 22.6. The first-order valence-electron chi connectivity index (χ1n) is 13.5. The maximum absolute atomic E-state index is 13.9. The van der Waals surface area contributed by atoms with Gasteiger partial charge in [-0.1, -0.05) is 65.2 Å². The molecule has 1 unspecified atom stereocenters. The Balaban J connectivity index is 1.45. The van der Waals surface area contributed by atoms with Crippen LogP contribution in [0, 0.1) is 6.92 Å². The standard InChI is InChI=1S/C32H30Cl2N2O5/c1-21-9-12-29-26(14-21)31(38)24(20-41-29)17-35(16-22-6-3-2-4-7-22)30(37)19-36(18-25-8-5-13-40-25)32(39)23-10-11-27(33)28(34)15-23/h2-4,6-7,9-12,14-15,20,25H,5,8,13,16-19H2,1H3. The molecule has 41 heavy (non-hydrogen) atoms. The molecule has 0 N–H and O–H groups in total. The SMILES string of the molecule is Cc1ccc2occ(CN(Cc3ccccc3)C(=O)CN(CC3CCCO3)C(=O)c3ccc(Cl)c(Cl)c3)c(=O)c2c1. The van der Waals surface area contributed by atoms with Gasteiger partial charge < -0.3 is 19.0 Å². The molecule has 0 radical (unpaired) electrons. The van der Waals surface area contributed by atoms with Crippen LogP contribution in [0.15, 0.2) is 82.2 Å². The Hall–Kier alpha value is -3.65. The summed E-state index contributed by atoms with van der Waals surface area (Å²) in [6.45, 7) is 2.84. The summed E-state index contributed by atoms with van der Waals surface area (Å²) in [7, 11) is 0. The van der Waals surface area contributed by atoms with Gasteiger partial charge in [0.2, 0.25) is 5.91 Å². The average Bonchev–Trinajstić information content (AvgIpc) is 3.49. The second kappa shape index (κ2) is 12.9. The van der Waals surface area contributed by atoms with Gasteiger partial charge in [-0.3, -0.25) is 14.4 Å². The van der Waals surface area contributed by atoms with E-state index in [1.54, 1.807) is 29.2 Å². The second-order valence-corrected chi connectivity index (χ2v) is 11.1. The summed E-state index contributed by atoms with van der Waals surface area (Å²) in [5, 5.41) is 1.05. The lowest BCUT2D eigenvalue weighted by molar-refractivity contribution is -0.133. The Morgan fingerprint density at radius 1 is 0.951 bits per heavy atom. The van der Waals surface area contributed by atoms with E-state index in [0.717, 1.165) is 24.0 Å². The van der Waals surface area contributed by atoms with Gasteiger partial charge in [0.25, 0.3) is 5.91 Å². The van der Waals surface area contributed by atoms with Gasteiger partial charge in [-0.25, -0.2) is 0 Å². The highest BCUT2D eigenvalue weighted by molar-refractivity contribution is 6.42. The molecule has 3 aromatic carbocycles. The van der Waals surface area contributed by atoms with Crippen LogP contribution >= 0.6 is 23.2 Å². The largest absolute Gasteiger partial charge is 0.464 e. The van der Waals surface area contributed by atoms with Crippen molar-refractivity contribution in [2.45, 2.75) is 39.0 Å². The highest BCUT2D eigenvalue weighted by atomic mass is 35.5. The lowest BCUT2D eigenvalue weighted by atomic mass is 10.1. The number of nitrogens with zero attached hydrogens (tertiary/aromatic N) is 2. The van der Waals surface area contributed by atoms with Gasteiger partial charge in [0.05, 0.1) is 39.9 Å². The number of hydrogen-bond acceptors (Lipinski definition) is 5. The van der Waals surface area contributed by atoms with E-state index in [1.165, 1.54) is 17.2 Å². The van der Waals surface area contributed by atoms with Crippen molar-refractivity contribution in [1.29, 1.82) is 0 Å². The zero-order valence-corrected chi connectivity index (χ0v) is 24.2. The van der Waals surface area contributed by atoms with Crippen LogP contribution in [-0.2, 0) is 22.6 Å². The van der Waals surface area contributed by atoms with Crippen molar-refractivity contribution >= 4 is 46.0 Å². The van der Waals surface area contributed by atoms with Crippen molar-refractivity contribution in [2.24, 2.45) is 0 Å². The number of carbonyl (C=O) groups excluding carboxylic acids is 2. The minimum Gasteiger partial charge on any atom is -0.464 e. The molecule has 1 aromatic heterocycles. The van der Waals surface area contributed by atoms with Gasteiger partial charge >= 0.3 is 0 Å². The summed E-state index contributed by atoms with van der Waals surface area (Å²) in [5.41, 5.74) is 2.80. The topological polar surface area (TPSA) is 80.1 Å². The van der Waals surface area contributed by atoms with Crippen LogP contribution in [0.3, 0.4) is 0 Å². The number of fused-ring (bicyclic) bond motifs is 1. The first-order chi connectivity index (χ1) is 19.8. The summed E-state index contributed by atoms with van der Waals surface area (Å²) >= 11 is 12.3. The number of ether oxygens (including phenoxy) is 1. The number of hydrogen-bond donors (Lipinski definition) is 0. The highest BCUT2D eigenvalue weighted by Gasteiger charge is 2.28. The quantitative estimate of drug-likeness (QED) is 0.229. The number of halogens is 2. The molecule has 5 rings (SSSR count). The Morgan fingerprint density at radius 3 is 2.49 bits per heavy atom. The first kappa shape index (κ1) is 28.9. The molecular formula is C32H30Cl2N2O5. The van der Waals surface area contributed by atoms with Crippen molar-refractivity contribution in [3.05, 3.63) is 116 Å². The fraction of sp³-hybridized carbons (Fsp3) is 0.281. The molecule has 1 saturated heterocycles. The molecular weight excluding hydrogens is 563 g/mol. The fourth-order valence-electron chi connectivity index (χ4n) is 4.96. The Morgan fingerprint density at radius 2 is 1.76 bits per heavy atom. The van der Waals surface area contributed by atoms with E-state index in [9.17, 15) is 14.4 Å². The van der Waals surface area contributed by atoms with Gasteiger partial charge in [-0.2, -0.15) is 0 Å². The lowest BCUT2D eigenvalue weighted by Crippen LogP contribution is -2.45. The van der Waals surface area contributed by atoms with Gasteiger partial charge in [0, 0.05) is 25.3 Å². The Bertz CT molecular complexity index is 1620. The van der Waals surface area contributed by atoms with Crippen molar-refractivity contribution in [3.63, 3.8) is 0 Å². The maximum atomic E-state index is 13.9. The van der Waals surface area contributed by atoms with Crippen LogP contribution in [0.25, 0.3) is 11.0 Å². The van der Waals surface area contributed by atoms with E-state index < -0.39 is 0 Å². The molecule has 4 aromatic rings. The summed E-state index contributed by atoms with van der Waals surface area (Å²) < 4.78 is 11.5. The second-order valence-electron chi connectivity index (χ2n) is 10.3. The van der Waals surface area contributed by atoms with E-state index in [2.05, 4.69) is 0 Å². The van der Waals surface area contributed by atoms with Crippen molar-refractivity contribution in [2.75, 3.05) is 19.7 Å². The van der Waals surface area contributed by atoms with Gasteiger partial charge in [-0.05, 0) is 55.7 Å². The molecule has 212 valence electrons. The molecule has 9 heteroatoms. The van der Waals surface area contributed by atoms with Crippen LogP contribution in [0.4, 0.5) is 0 Å².